The van der Waals surface area contributed by atoms with Crippen molar-refractivity contribution in [3.05, 3.63) is 89.5 Å². The molecule has 1 amide bonds. The highest BCUT2D eigenvalue weighted by Gasteiger charge is 2.47. The molecule has 0 aliphatic carbocycles. The second kappa shape index (κ2) is 7.77. The quantitative estimate of drug-likeness (QED) is 0.383. The van der Waals surface area contributed by atoms with E-state index in [1.807, 2.05) is 30.3 Å². The van der Waals surface area contributed by atoms with E-state index in [0.717, 1.165) is 0 Å². The Kier molecular flexibility index (Phi) is 4.78. The van der Waals surface area contributed by atoms with Crippen LogP contribution in [-0.2, 0) is 9.59 Å². The van der Waals surface area contributed by atoms with Gasteiger partial charge < -0.3 is 19.3 Å². The first kappa shape index (κ1) is 19.7. The van der Waals surface area contributed by atoms with Crippen molar-refractivity contribution >= 4 is 23.1 Å². The van der Waals surface area contributed by atoms with E-state index in [1.54, 1.807) is 42.5 Å². The average molecular weight is 429 g/mol. The molecule has 1 N–H and O–H groups in total. The molecule has 2 aliphatic heterocycles. The van der Waals surface area contributed by atoms with Crippen molar-refractivity contribution in [3.63, 3.8) is 0 Å². The van der Waals surface area contributed by atoms with Crippen LogP contribution in [0.4, 0.5) is 5.69 Å². The van der Waals surface area contributed by atoms with E-state index in [9.17, 15) is 14.7 Å². The van der Waals surface area contributed by atoms with Gasteiger partial charge in [0, 0.05) is 17.3 Å². The first-order valence-electron chi connectivity index (χ1n) is 9.98. The van der Waals surface area contributed by atoms with Gasteiger partial charge in [-0.25, -0.2) is 0 Å². The molecule has 7 heteroatoms. The van der Waals surface area contributed by atoms with Gasteiger partial charge >= 0.3 is 0 Å². The summed E-state index contributed by atoms with van der Waals surface area (Å²) >= 11 is 0. The molecule has 0 saturated carbocycles. The lowest BCUT2D eigenvalue weighted by molar-refractivity contribution is -0.132. The maximum atomic E-state index is 13.2. The average Bonchev–Trinajstić information content (AvgIpc) is 3.41. The van der Waals surface area contributed by atoms with Gasteiger partial charge in [-0.3, -0.25) is 14.5 Å². The summed E-state index contributed by atoms with van der Waals surface area (Å²) in [6.45, 7) is 0.0871. The second-order valence-electron chi connectivity index (χ2n) is 7.35. The van der Waals surface area contributed by atoms with Gasteiger partial charge in [-0.15, -0.1) is 0 Å². The molecule has 5 rings (SSSR count). The summed E-state index contributed by atoms with van der Waals surface area (Å²) in [7, 11) is 1.53. The Hall–Kier alpha value is -4.26. The Morgan fingerprint density at radius 1 is 0.969 bits per heavy atom. The minimum absolute atomic E-state index is 0.00267. The Labute approximate surface area is 184 Å². The maximum absolute atomic E-state index is 13.2. The van der Waals surface area contributed by atoms with Crippen LogP contribution in [0.5, 0.6) is 17.2 Å². The summed E-state index contributed by atoms with van der Waals surface area (Å²) in [5.41, 5.74) is 1.54. The molecular formula is C25H19NO6. The molecule has 3 aromatic rings. The van der Waals surface area contributed by atoms with E-state index >= 15 is 0 Å². The van der Waals surface area contributed by atoms with Crippen molar-refractivity contribution in [2.24, 2.45) is 0 Å². The fourth-order valence-electron chi connectivity index (χ4n) is 4.01. The summed E-state index contributed by atoms with van der Waals surface area (Å²) in [6.07, 6.45) is 0. The molecule has 3 aromatic carbocycles. The number of hydrogen-bond donors (Lipinski definition) is 1. The number of methoxy groups -OCH3 is 1. The number of aliphatic hydroxyl groups excluding tert-OH is 1. The highest BCUT2D eigenvalue weighted by atomic mass is 16.7. The molecule has 1 saturated heterocycles. The highest BCUT2D eigenvalue weighted by molar-refractivity contribution is 6.51. The van der Waals surface area contributed by atoms with Crippen LogP contribution in [0, 0.1) is 0 Å². The smallest absolute Gasteiger partial charge is 0.300 e. The summed E-state index contributed by atoms with van der Waals surface area (Å²) in [4.78, 5) is 27.7. The molecule has 7 nitrogen and oxygen atoms in total. The normalized spacial score (nSPS) is 18.8. The number of fused-ring (bicyclic) bond motifs is 1. The topological polar surface area (TPSA) is 85.3 Å². The first-order valence-corrected chi connectivity index (χ1v) is 9.98. The van der Waals surface area contributed by atoms with Gasteiger partial charge in [0.25, 0.3) is 11.7 Å². The lowest BCUT2D eigenvalue weighted by Crippen LogP contribution is -2.29. The zero-order valence-corrected chi connectivity index (χ0v) is 17.1. The van der Waals surface area contributed by atoms with E-state index in [1.165, 1.54) is 12.0 Å². The largest absolute Gasteiger partial charge is 0.507 e. The molecule has 160 valence electrons. The maximum Gasteiger partial charge on any atom is 0.300 e. The summed E-state index contributed by atoms with van der Waals surface area (Å²) in [5.74, 6) is -0.204. The Bertz CT molecular complexity index is 1250. The third kappa shape index (κ3) is 3.15. The van der Waals surface area contributed by atoms with Gasteiger partial charge in [-0.1, -0.05) is 36.4 Å². The van der Waals surface area contributed by atoms with Crippen LogP contribution >= 0.6 is 0 Å². The van der Waals surface area contributed by atoms with E-state index in [2.05, 4.69) is 0 Å². The van der Waals surface area contributed by atoms with Gasteiger partial charge in [-0.05, 0) is 35.9 Å². The number of benzene rings is 3. The zero-order chi connectivity index (χ0) is 22.2. The molecule has 2 aliphatic rings. The fourth-order valence-corrected chi connectivity index (χ4v) is 4.01. The number of ether oxygens (including phenoxy) is 3. The summed E-state index contributed by atoms with van der Waals surface area (Å²) < 4.78 is 16.0. The van der Waals surface area contributed by atoms with Gasteiger partial charge in [0.2, 0.25) is 6.79 Å². The van der Waals surface area contributed by atoms with Gasteiger partial charge in [-0.2, -0.15) is 0 Å². The molecule has 0 aromatic heterocycles. The standard InChI is InChI=1S/C25H19NO6/c1-30-18-9-5-8-17(13-18)26-22(15-6-3-2-4-7-15)21(24(28)25(26)29)23(27)16-10-11-19-20(12-16)32-14-31-19/h2-13,22,27H,14H2,1H3/b23-21-. The number of carbonyl (C=O) groups is 2. The predicted molar refractivity (Wildman–Crippen MR) is 117 cm³/mol. The molecule has 0 spiro atoms. The molecule has 1 fully saturated rings. The SMILES string of the molecule is COc1cccc(N2C(=O)C(=O)/C(=C(\O)c3ccc4c(c3)OCO4)C2c2ccccc2)c1. The molecule has 32 heavy (non-hydrogen) atoms. The van der Waals surface area contributed by atoms with Gasteiger partial charge in [0.05, 0.1) is 18.7 Å². The lowest BCUT2D eigenvalue weighted by Gasteiger charge is -2.25. The van der Waals surface area contributed by atoms with Gasteiger partial charge in [0.1, 0.15) is 11.5 Å². The van der Waals surface area contributed by atoms with Crippen molar-refractivity contribution < 1.29 is 28.9 Å². The van der Waals surface area contributed by atoms with E-state index in [4.69, 9.17) is 14.2 Å². The van der Waals surface area contributed by atoms with E-state index in [-0.39, 0.29) is 18.1 Å². The summed E-state index contributed by atoms with van der Waals surface area (Å²) in [6, 6.07) is 20.1. The molecule has 1 unspecified atom stereocenters. The van der Waals surface area contributed by atoms with Crippen molar-refractivity contribution in [2.45, 2.75) is 6.04 Å². The van der Waals surface area contributed by atoms with Crippen LogP contribution in [0.25, 0.3) is 5.76 Å². The number of rotatable bonds is 4. The van der Waals surface area contributed by atoms with Crippen LogP contribution in [0.3, 0.4) is 0 Å². The molecular weight excluding hydrogens is 410 g/mol. The van der Waals surface area contributed by atoms with Crippen molar-refractivity contribution in [1.82, 2.24) is 0 Å². The predicted octanol–water partition coefficient (Wildman–Crippen LogP) is 4.05. The van der Waals surface area contributed by atoms with Crippen molar-refractivity contribution in [3.8, 4) is 17.2 Å². The molecule has 0 bridgehead atoms. The number of nitrogens with zero attached hydrogens (tertiary/aromatic N) is 1. The van der Waals surface area contributed by atoms with Gasteiger partial charge in [0.15, 0.2) is 11.5 Å². The Balaban J connectivity index is 1.69. The number of carbonyl (C=O) groups excluding carboxylic acids is 2. The Morgan fingerprint density at radius 3 is 2.53 bits per heavy atom. The number of anilines is 1. The number of hydrogen-bond acceptors (Lipinski definition) is 6. The third-order valence-electron chi connectivity index (χ3n) is 5.54. The van der Waals surface area contributed by atoms with Crippen LogP contribution in [0.15, 0.2) is 78.4 Å². The van der Waals surface area contributed by atoms with Crippen LogP contribution in [-0.4, -0.2) is 30.7 Å². The number of amides is 1. The number of Topliss-reactive ketones (excluding diaryl/α,β-unsaturated/α-hetero) is 1. The van der Waals surface area contributed by atoms with Crippen molar-refractivity contribution in [1.29, 1.82) is 0 Å². The monoisotopic (exact) mass is 429 g/mol. The van der Waals surface area contributed by atoms with Crippen LogP contribution in [0.1, 0.15) is 17.2 Å². The minimum atomic E-state index is -0.811. The third-order valence-corrected chi connectivity index (χ3v) is 5.54. The number of ketones is 1. The van der Waals surface area contributed by atoms with Crippen molar-refractivity contribution in [2.75, 3.05) is 18.8 Å². The van der Waals surface area contributed by atoms with Crippen LogP contribution in [0.2, 0.25) is 0 Å². The zero-order valence-electron chi connectivity index (χ0n) is 17.1. The van der Waals surface area contributed by atoms with E-state index in [0.29, 0.717) is 34.1 Å². The highest BCUT2D eigenvalue weighted by Crippen LogP contribution is 2.43. The minimum Gasteiger partial charge on any atom is -0.507 e. The first-order chi connectivity index (χ1) is 15.6. The molecule has 0 radical (unpaired) electrons. The Morgan fingerprint density at radius 2 is 1.75 bits per heavy atom. The lowest BCUT2D eigenvalue weighted by atomic mass is 9.95. The van der Waals surface area contributed by atoms with Crippen LogP contribution < -0.4 is 19.1 Å². The second-order valence-corrected chi connectivity index (χ2v) is 7.35. The summed E-state index contributed by atoms with van der Waals surface area (Å²) in [5, 5.41) is 11.2. The van der Waals surface area contributed by atoms with E-state index < -0.39 is 17.7 Å². The molecule has 2 heterocycles. The molecule has 1 atom stereocenters. The fraction of sp³-hybridized carbons (Fsp3) is 0.120. The number of aliphatic hydroxyl groups is 1.